The highest BCUT2D eigenvalue weighted by atomic mass is 16.5. The Bertz CT molecular complexity index is 546. The van der Waals surface area contributed by atoms with Crippen LogP contribution in [0.2, 0.25) is 0 Å². The lowest BCUT2D eigenvalue weighted by Crippen LogP contribution is -2.54. The maximum absolute atomic E-state index is 12.1. The van der Waals surface area contributed by atoms with E-state index in [2.05, 4.69) is 10.6 Å². The van der Waals surface area contributed by atoms with Crippen LogP contribution in [0, 0.1) is 5.92 Å². The van der Waals surface area contributed by atoms with Crippen LogP contribution in [0.25, 0.3) is 0 Å². The molecule has 3 amide bonds. The molecule has 0 aliphatic carbocycles. The van der Waals surface area contributed by atoms with Crippen molar-refractivity contribution in [1.29, 1.82) is 0 Å². The summed E-state index contributed by atoms with van der Waals surface area (Å²) in [5.41, 5.74) is 5.95. The topological polar surface area (TPSA) is 111 Å². The second kappa shape index (κ2) is 8.77. The standard InChI is InChI=1S/C16H23N3O4/c1-10(2)13(15(21)18-11(3)14(17)20)19-16(22)23-9-12-7-5-4-6-8-12/h4-8,10-11,13H,9H2,1-3H3,(H2,17,20)(H,18,21)(H,19,22). The van der Waals surface area contributed by atoms with Gasteiger partial charge in [0.15, 0.2) is 0 Å². The molecule has 7 nitrogen and oxygen atoms in total. The molecule has 1 aromatic carbocycles. The summed E-state index contributed by atoms with van der Waals surface area (Å²) in [6, 6.07) is 7.56. The maximum Gasteiger partial charge on any atom is 0.408 e. The number of nitrogens with one attached hydrogen (secondary N) is 2. The van der Waals surface area contributed by atoms with E-state index in [0.29, 0.717) is 0 Å². The van der Waals surface area contributed by atoms with E-state index in [1.54, 1.807) is 13.8 Å². The molecule has 0 aliphatic heterocycles. The van der Waals surface area contributed by atoms with Crippen LogP contribution in [-0.4, -0.2) is 30.0 Å². The Balaban J connectivity index is 2.56. The van der Waals surface area contributed by atoms with Gasteiger partial charge in [0, 0.05) is 0 Å². The predicted octanol–water partition coefficient (Wildman–Crippen LogP) is 0.927. The second-order valence-electron chi connectivity index (χ2n) is 5.56. The molecule has 0 radical (unpaired) electrons. The lowest BCUT2D eigenvalue weighted by atomic mass is 10.0. The van der Waals surface area contributed by atoms with Crippen LogP contribution in [0.15, 0.2) is 30.3 Å². The summed E-state index contributed by atoms with van der Waals surface area (Å²) in [4.78, 5) is 35.0. The number of carbonyl (C=O) groups excluding carboxylic acids is 3. The van der Waals surface area contributed by atoms with E-state index in [0.717, 1.165) is 5.56 Å². The molecule has 0 saturated heterocycles. The summed E-state index contributed by atoms with van der Waals surface area (Å²) >= 11 is 0. The third-order valence-corrected chi connectivity index (χ3v) is 3.22. The first kappa shape index (κ1) is 18.5. The van der Waals surface area contributed by atoms with Gasteiger partial charge in [-0.3, -0.25) is 9.59 Å². The lowest BCUT2D eigenvalue weighted by Gasteiger charge is -2.22. The van der Waals surface area contributed by atoms with Crippen molar-refractivity contribution in [2.24, 2.45) is 11.7 Å². The molecule has 0 fully saturated rings. The van der Waals surface area contributed by atoms with Gasteiger partial charge in [0.2, 0.25) is 11.8 Å². The van der Waals surface area contributed by atoms with Crippen LogP contribution in [0.1, 0.15) is 26.3 Å². The number of amides is 3. The smallest absolute Gasteiger partial charge is 0.408 e. The van der Waals surface area contributed by atoms with Crippen molar-refractivity contribution >= 4 is 17.9 Å². The zero-order chi connectivity index (χ0) is 17.4. The molecule has 126 valence electrons. The van der Waals surface area contributed by atoms with Gasteiger partial charge in [0.05, 0.1) is 0 Å². The molecule has 0 heterocycles. The number of nitrogens with two attached hydrogens (primary N) is 1. The van der Waals surface area contributed by atoms with E-state index in [1.807, 2.05) is 30.3 Å². The fourth-order valence-electron chi connectivity index (χ4n) is 1.80. The van der Waals surface area contributed by atoms with Crippen molar-refractivity contribution in [3.05, 3.63) is 35.9 Å². The lowest BCUT2D eigenvalue weighted by molar-refractivity contribution is -0.128. The Hall–Kier alpha value is -2.57. The molecule has 2 atom stereocenters. The number of hydrogen-bond donors (Lipinski definition) is 3. The molecular weight excluding hydrogens is 298 g/mol. The summed E-state index contributed by atoms with van der Waals surface area (Å²) in [5.74, 6) is -1.31. The Morgan fingerprint density at radius 3 is 2.22 bits per heavy atom. The fourth-order valence-corrected chi connectivity index (χ4v) is 1.80. The Labute approximate surface area is 135 Å². The van der Waals surface area contributed by atoms with Gasteiger partial charge in [-0.15, -0.1) is 0 Å². The van der Waals surface area contributed by atoms with Gasteiger partial charge in [0.1, 0.15) is 18.7 Å². The first-order chi connectivity index (χ1) is 10.8. The van der Waals surface area contributed by atoms with Gasteiger partial charge in [-0.2, -0.15) is 0 Å². The molecule has 2 unspecified atom stereocenters. The summed E-state index contributed by atoms with van der Waals surface area (Å²) in [5, 5.41) is 4.96. The van der Waals surface area contributed by atoms with Gasteiger partial charge < -0.3 is 21.1 Å². The van der Waals surface area contributed by atoms with E-state index in [-0.39, 0.29) is 12.5 Å². The summed E-state index contributed by atoms with van der Waals surface area (Å²) in [6.07, 6.45) is -0.700. The normalized spacial score (nSPS) is 13.0. The molecule has 4 N–H and O–H groups in total. The fraction of sp³-hybridized carbons (Fsp3) is 0.438. The molecule has 0 aromatic heterocycles. The minimum Gasteiger partial charge on any atom is -0.445 e. The van der Waals surface area contributed by atoms with Gasteiger partial charge in [-0.05, 0) is 18.4 Å². The van der Waals surface area contributed by atoms with E-state index >= 15 is 0 Å². The Morgan fingerprint density at radius 1 is 1.09 bits per heavy atom. The third-order valence-electron chi connectivity index (χ3n) is 3.22. The maximum atomic E-state index is 12.1. The summed E-state index contributed by atoms with van der Waals surface area (Å²) in [6.45, 7) is 5.13. The van der Waals surface area contributed by atoms with Crippen LogP contribution in [0.4, 0.5) is 4.79 Å². The van der Waals surface area contributed by atoms with Crippen molar-refractivity contribution in [2.45, 2.75) is 39.5 Å². The van der Waals surface area contributed by atoms with Crippen LogP contribution in [0.5, 0.6) is 0 Å². The van der Waals surface area contributed by atoms with Gasteiger partial charge in [-0.1, -0.05) is 44.2 Å². The SMILES string of the molecule is CC(NC(=O)C(NC(=O)OCc1ccccc1)C(C)C)C(N)=O. The van der Waals surface area contributed by atoms with Crippen molar-refractivity contribution in [2.75, 3.05) is 0 Å². The molecule has 1 rings (SSSR count). The molecule has 23 heavy (non-hydrogen) atoms. The molecule has 1 aromatic rings. The largest absolute Gasteiger partial charge is 0.445 e. The first-order valence-electron chi connectivity index (χ1n) is 7.38. The first-order valence-corrected chi connectivity index (χ1v) is 7.38. The highest BCUT2D eigenvalue weighted by Crippen LogP contribution is 2.05. The van der Waals surface area contributed by atoms with E-state index in [4.69, 9.17) is 10.5 Å². The van der Waals surface area contributed by atoms with E-state index < -0.39 is 30.0 Å². The predicted molar refractivity (Wildman–Crippen MR) is 85.2 cm³/mol. The number of ether oxygens (including phenoxy) is 1. The average molecular weight is 321 g/mol. The average Bonchev–Trinajstić information content (AvgIpc) is 2.51. The van der Waals surface area contributed by atoms with Gasteiger partial charge >= 0.3 is 6.09 Å². The third kappa shape index (κ3) is 6.37. The van der Waals surface area contributed by atoms with Gasteiger partial charge in [0.25, 0.3) is 0 Å². The summed E-state index contributed by atoms with van der Waals surface area (Å²) < 4.78 is 5.09. The van der Waals surface area contributed by atoms with E-state index in [1.165, 1.54) is 6.92 Å². The van der Waals surface area contributed by atoms with Gasteiger partial charge in [-0.25, -0.2) is 4.79 Å². The minimum atomic E-state index is -0.819. The number of rotatable bonds is 7. The molecule has 0 saturated carbocycles. The van der Waals surface area contributed by atoms with E-state index in [9.17, 15) is 14.4 Å². The highest BCUT2D eigenvalue weighted by Gasteiger charge is 2.26. The Morgan fingerprint density at radius 2 is 1.70 bits per heavy atom. The van der Waals surface area contributed by atoms with Crippen LogP contribution >= 0.6 is 0 Å². The minimum absolute atomic E-state index is 0.108. The number of benzene rings is 1. The van der Waals surface area contributed by atoms with Crippen LogP contribution < -0.4 is 16.4 Å². The number of hydrogen-bond acceptors (Lipinski definition) is 4. The van der Waals surface area contributed by atoms with Crippen molar-refractivity contribution in [1.82, 2.24) is 10.6 Å². The molecule has 0 spiro atoms. The number of alkyl carbamates (subject to hydrolysis) is 1. The molecule has 0 bridgehead atoms. The zero-order valence-electron chi connectivity index (χ0n) is 13.5. The monoisotopic (exact) mass is 321 g/mol. The van der Waals surface area contributed by atoms with Crippen LogP contribution in [0.3, 0.4) is 0 Å². The second-order valence-corrected chi connectivity index (χ2v) is 5.56. The van der Waals surface area contributed by atoms with Crippen LogP contribution in [-0.2, 0) is 20.9 Å². The quantitative estimate of drug-likeness (QED) is 0.693. The molecule has 0 aliphatic rings. The Kier molecular flexibility index (Phi) is 7.05. The summed E-state index contributed by atoms with van der Waals surface area (Å²) in [7, 11) is 0. The number of primary amides is 1. The molecular formula is C16H23N3O4. The van der Waals surface area contributed by atoms with Crippen molar-refractivity contribution < 1.29 is 19.1 Å². The highest BCUT2D eigenvalue weighted by molar-refractivity contribution is 5.90. The molecule has 7 heteroatoms. The zero-order valence-corrected chi connectivity index (χ0v) is 13.5. The van der Waals surface area contributed by atoms with Crippen molar-refractivity contribution in [3.8, 4) is 0 Å². The van der Waals surface area contributed by atoms with Crippen molar-refractivity contribution in [3.63, 3.8) is 0 Å². The number of carbonyl (C=O) groups is 3.